The van der Waals surface area contributed by atoms with Crippen LogP contribution in [0.3, 0.4) is 0 Å². The molecular weight excluding hydrogens is 205 g/mol. The summed E-state index contributed by atoms with van der Waals surface area (Å²) in [5.41, 5.74) is 0. The van der Waals surface area contributed by atoms with E-state index in [9.17, 15) is 13.2 Å². The van der Waals surface area contributed by atoms with Gasteiger partial charge in [-0.05, 0) is 18.8 Å². The highest BCUT2D eigenvalue weighted by Gasteiger charge is 2.27. The molecule has 1 saturated carbocycles. The van der Waals surface area contributed by atoms with Crippen molar-refractivity contribution in [1.29, 1.82) is 0 Å². The Morgan fingerprint density at radius 3 is 2.33 bits per heavy atom. The highest BCUT2D eigenvalue weighted by Crippen LogP contribution is 2.27. The maximum absolute atomic E-state index is 11.7. The van der Waals surface area contributed by atoms with Gasteiger partial charge in [-0.3, -0.25) is 0 Å². The minimum atomic E-state index is -4.18. The van der Waals surface area contributed by atoms with E-state index < -0.39 is 12.8 Å². The van der Waals surface area contributed by atoms with E-state index in [4.69, 9.17) is 0 Å². The van der Waals surface area contributed by atoms with E-state index in [1.165, 1.54) is 32.1 Å². The standard InChI is InChI=1S/C11H19F3O/c12-11(13,14)9-15-8-4-7-10-5-2-1-3-6-10/h10H,1-9H2. The second-order valence-corrected chi connectivity index (χ2v) is 4.31. The van der Waals surface area contributed by atoms with Gasteiger partial charge in [0.1, 0.15) is 6.61 Å². The molecule has 90 valence electrons. The first-order valence-electron chi connectivity index (χ1n) is 5.72. The lowest BCUT2D eigenvalue weighted by Crippen LogP contribution is -2.17. The second-order valence-electron chi connectivity index (χ2n) is 4.31. The average molecular weight is 224 g/mol. The van der Waals surface area contributed by atoms with Gasteiger partial charge in [0.2, 0.25) is 0 Å². The summed E-state index contributed by atoms with van der Waals surface area (Å²) in [6, 6.07) is 0. The quantitative estimate of drug-likeness (QED) is 0.643. The molecule has 0 spiro atoms. The minimum Gasteiger partial charge on any atom is -0.372 e. The third kappa shape index (κ3) is 6.77. The zero-order valence-corrected chi connectivity index (χ0v) is 8.98. The summed E-state index contributed by atoms with van der Waals surface area (Å²) in [5.74, 6) is 0.730. The normalized spacial score (nSPS) is 19.4. The van der Waals surface area contributed by atoms with E-state index in [1.54, 1.807) is 0 Å². The summed E-state index contributed by atoms with van der Waals surface area (Å²) in [5, 5.41) is 0. The van der Waals surface area contributed by atoms with E-state index >= 15 is 0 Å². The molecule has 0 aromatic heterocycles. The number of alkyl halides is 3. The van der Waals surface area contributed by atoms with Crippen molar-refractivity contribution in [2.45, 2.75) is 51.1 Å². The Morgan fingerprint density at radius 2 is 1.73 bits per heavy atom. The summed E-state index contributed by atoms with van der Waals surface area (Å²) >= 11 is 0. The fourth-order valence-electron chi connectivity index (χ4n) is 2.14. The van der Waals surface area contributed by atoms with Crippen LogP contribution in [0.15, 0.2) is 0 Å². The van der Waals surface area contributed by atoms with Gasteiger partial charge in [-0.2, -0.15) is 13.2 Å². The Balaban J connectivity index is 1.92. The van der Waals surface area contributed by atoms with Crippen LogP contribution >= 0.6 is 0 Å². The zero-order valence-electron chi connectivity index (χ0n) is 8.98. The first-order valence-corrected chi connectivity index (χ1v) is 5.72. The van der Waals surface area contributed by atoms with Gasteiger partial charge in [-0.1, -0.05) is 32.1 Å². The fraction of sp³-hybridized carbons (Fsp3) is 1.00. The van der Waals surface area contributed by atoms with Crippen LogP contribution in [0.2, 0.25) is 0 Å². The molecular formula is C11H19F3O. The fourth-order valence-corrected chi connectivity index (χ4v) is 2.14. The largest absolute Gasteiger partial charge is 0.411 e. The van der Waals surface area contributed by atoms with Crippen molar-refractivity contribution in [3.63, 3.8) is 0 Å². The van der Waals surface area contributed by atoms with Crippen molar-refractivity contribution >= 4 is 0 Å². The SMILES string of the molecule is FC(F)(F)COCCCC1CCCCC1. The van der Waals surface area contributed by atoms with E-state index in [0.717, 1.165) is 18.8 Å². The lowest BCUT2D eigenvalue weighted by Gasteiger charge is -2.21. The van der Waals surface area contributed by atoms with Crippen LogP contribution in [0, 0.1) is 5.92 Å². The van der Waals surface area contributed by atoms with E-state index in [2.05, 4.69) is 4.74 Å². The molecule has 4 heteroatoms. The molecule has 1 fully saturated rings. The molecule has 0 unspecified atom stereocenters. The van der Waals surface area contributed by atoms with Crippen molar-refractivity contribution in [1.82, 2.24) is 0 Å². The number of hydrogen-bond acceptors (Lipinski definition) is 1. The Bertz CT molecular complexity index is 162. The molecule has 0 amide bonds. The first-order chi connectivity index (χ1) is 7.08. The number of ether oxygens (including phenoxy) is 1. The monoisotopic (exact) mass is 224 g/mol. The third-order valence-corrected chi connectivity index (χ3v) is 2.89. The summed E-state index contributed by atoms with van der Waals surface area (Å²) in [7, 11) is 0. The van der Waals surface area contributed by atoms with Crippen molar-refractivity contribution in [2.75, 3.05) is 13.2 Å². The topological polar surface area (TPSA) is 9.23 Å². The number of rotatable bonds is 5. The minimum absolute atomic E-state index is 0.246. The molecule has 0 radical (unpaired) electrons. The third-order valence-electron chi connectivity index (χ3n) is 2.89. The van der Waals surface area contributed by atoms with Crippen LogP contribution in [0.1, 0.15) is 44.9 Å². The Hall–Kier alpha value is -0.250. The van der Waals surface area contributed by atoms with Gasteiger partial charge in [0, 0.05) is 6.61 Å². The molecule has 0 saturated heterocycles. The lowest BCUT2D eigenvalue weighted by atomic mass is 9.86. The number of hydrogen-bond donors (Lipinski definition) is 0. The van der Waals surface area contributed by atoms with Gasteiger partial charge >= 0.3 is 6.18 Å². The second kappa shape index (κ2) is 6.36. The van der Waals surface area contributed by atoms with Gasteiger partial charge in [0.05, 0.1) is 0 Å². The highest BCUT2D eigenvalue weighted by molar-refractivity contribution is 4.65. The summed E-state index contributed by atoms with van der Waals surface area (Å²) in [6.07, 6.45) is 4.01. The molecule has 15 heavy (non-hydrogen) atoms. The van der Waals surface area contributed by atoms with Gasteiger partial charge in [-0.25, -0.2) is 0 Å². The lowest BCUT2D eigenvalue weighted by molar-refractivity contribution is -0.174. The van der Waals surface area contributed by atoms with E-state index in [0.29, 0.717) is 0 Å². The average Bonchev–Trinajstić information content (AvgIpc) is 2.17. The van der Waals surface area contributed by atoms with Crippen LogP contribution in [0.25, 0.3) is 0 Å². The Kier molecular flexibility index (Phi) is 5.43. The molecule has 1 rings (SSSR count). The van der Waals surface area contributed by atoms with Crippen LogP contribution in [0.4, 0.5) is 13.2 Å². The molecule has 1 aliphatic rings. The molecule has 0 bridgehead atoms. The van der Waals surface area contributed by atoms with Crippen LogP contribution in [-0.4, -0.2) is 19.4 Å². The van der Waals surface area contributed by atoms with Gasteiger partial charge in [0.15, 0.2) is 0 Å². The van der Waals surface area contributed by atoms with E-state index in [1.807, 2.05) is 0 Å². The Labute approximate surface area is 89.0 Å². The maximum atomic E-state index is 11.7. The molecule has 0 atom stereocenters. The Morgan fingerprint density at radius 1 is 1.07 bits per heavy atom. The summed E-state index contributed by atoms with van der Waals surface area (Å²) < 4.78 is 39.7. The van der Waals surface area contributed by atoms with Crippen molar-refractivity contribution in [2.24, 2.45) is 5.92 Å². The van der Waals surface area contributed by atoms with Crippen LogP contribution in [0.5, 0.6) is 0 Å². The molecule has 0 aliphatic heterocycles. The predicted octanol–water partition coefficient (Wildman–Crippen LogP) is 3.93. The van der Waals surface area contributed by atoms with Crippen LogP contribution in [-0.2, 0) is 4.74 Å². The first kappa shape index (κ1) is 12.8. The zero-order chi connectivity index (χ0) is 11.1. The summed E-state index contributed by atoms with van der Waals surface area (Å²) in [6.45, 7) is -0.853. The predicted molar refractivity (Wildman–Crippen MR) is 52.7 cm³/mol. The summed E-state index contributed by atoms with van der Waals surface area (Å²) in [4.78, 5) is 0. The maximum Gasteiger partial charge on any atom is 0.411 e. The van der Waals surface area contributed by atoms with Gasteiger partial charge in [0.25, 0.3) is 0 Å². The smallest absolute Gasteiger partial charge is 0.372 e. The highest BCUT2D eigenvalue weighted by atomic mass is 19.4. The van der Waals surface area contributed by atoms with Crippen molar-refractivity contribution in [3.05, 3.63) is 0 Å². The number of halogens is 3. The van der Waals surface area contributed by atoms with Crippen molar-refractivity contribution in [3.8, 4) is 0 Å². The van der Waals surface area contributed by atoms with Gasteiger partial charge in [-0.15, -0.1) is 0 Å². The molecule has 1 aliphatic carbocycles. The van der Waals surface area contributed by atoms with Gasteiger partial charge < -0.3 is 4.74 Å². The molecule has 1 nitrogen and oxygen atoms in total. The molecule has 0 aromatic carbocycles. The van der Waals surface area contributed by atoms with E-state index in [-0.39, 0.29) is 6.61 Å². The molecule has 0 N–H and O–H groups in total. The molecule has 0 aromatic rings. The van der Waals surface area contributed by atoms with Crippen molar-refractivity contribution < 1.29 is 17.9 Å². The van der Waals surface area contributed by atoms with Crippen LogP contribution < -0.4 is 0 Å². The molecule has 0 heterocycles.